The first-order valence-corrected chi connectivity index (χ1v) is 43.4. The van der Waals surface area contributed by atoms with Crippen molar-refractivity contribution in [3.8, 4) is 0 Å². The molecule has 2 heterocycles. The van der Waals surface area contributed by atoms with Crippen molar-refractivity contribution in [2.24, 2.45) is 0 Å². The number of ether oxygens (including phenoxy) is 4. The molecule has 12 atom stereocenters. The van der Waals surface area contributed by atoms with Crippen LogP contribution in [0.25, 0.3) is 0 Å². The van der Waals surface area contributed by atoms with E-state index in [1.165, 1.54) is 327 Å². The highest BCUT2D eigenvalue weighted by atomic mass is 16.7. The maximum absolute atomic E-state index is 13.4. The minimum Gasteiger partial charge on any atom is -0.394 e. The molecule has 0 saturated carbocycles. The van der Waals surface area contributed by atoms with Gasteiger partial charge in [-0.1, -0.05) is 390 Å². The lowest BCUT2D eigenvalue weighted by Gasteiger charge is -2.46. The Labute approximate surface area is 620 Å². The fourth-order valence-corrected chi connectivity index (χ4v) is 14.4. The molecule has 2 saturated heterocycles. The smallest absolute Gasteiger partial charge is 0.220 e. The van der Waals surface area contributed by atoms with Gasteiger partial charge in [0.15, 0.2) is 12.6 Å². The van der Waals surface area contributed by atoms with Gasteiger partial charge >= 0.3 is 0 Å². The van der Waals surface area contributed by atoms with Gasteiger partial charge in [0.25, 0.3) is 0 Å². The third-order valence-corrected chi connectivity index (χ3v) is 21.3. The fraction of sp³-hybridized carbons (Fsp3) is 0.897. The molecular weight excluding hydrogens is 1270 g/mol. The summed E-state index contributed by atoms with van der Waals surface area (Å²) < 4.78 is 23.0. The monoisotopic (exact) mass is 1430 g/mol. The maximum Gasteiger partial charge on any atom is 0.220 e. The molecule has 101 heavy (non-hydrogen) atoms. The molecule has 0 aromatic carbocycles. The number of amides is 1. The molecular formula is C87H163NO13. The zero-order valence-electron chi connectivity index (χ0n) is 65.4. The number of nitrogens with one attached hydrogen (secondary N) is 1. The van der Waals surface area contributed by atoms with Crippen LogP contribution in [0.3, 0.4) is 0 Å². The van der Waals surface area contributed by atoms with Crippen LogP contribution in [-0.2, 0) is 23.7 Å². The molecule has 0 spiro atoms. The molecule has 2 rings (SSSR count). The van der Waals surface area contributed by atoms with Crippen molar-refractivity contribution < 1.29 is 64.6 Å². The number of rotatable bonds is 74. The van der Waals surface area contributed by atoms with Crippen LogP contribution in [0.1, 0.15) is 406 Å². The first kappa shape index (κ1) is 95.0. The number of aliphatic hydroxyl groups excluding tert-OH is 8. The molecule has 2 aliphatic heterocycles. The van der Waals surface area contributed by atoms with Crippen LogP contribution < -0.4 is 5.32 Å². The summed E-state index contributed by atoms with van der Waals surface area (Å²) in [5.74, 6) is -0.231. The number of allylic oxidation sites excluding steroid dienone is 7. The molecule has 2 aliphatic rings. The average molecular weight is 1430 g/mol. The Kier molecular flexibility index (Phi) is 66.7. The van der Waals surface area contributed by atoms with Gasteiger partial charge in [-0.3, -0.25) is 4.79 Å². The molecule has 12 unspecified atom stereocenters. The Bertz CT molecular complexity index is 1880. The topological polar surface area (TPSA) is 228 Å². The third-order valence-electron chi connectivity index (χ3n) is 21.3. The van der Waals surface area contributed by atoms with Gasteiger partial charge in [-0.25, -0.2) is 0 Å². The summed E-state index contributed by atoms with van der Waals surface area (Å²) in [5.41, 5.74) is 0. The van der Waals surface area contributed by atoms with E-state index >= 15 is 0 Å². The lowest BCUT2D eigenvalue weighted by molar-refractivity contribution is -0.359. The average Bonchev–Trinajstić information content (AvgIpc) is 0.791. The Morgan fingerprint density at radius 1 is 0.356 bits per heavy atom. The molecule has 9 N–H and O–H groups in total. The summed E-state index contributed by atoms with van der Waals surface area (Å²) in [6, 6.07) is -0.917. The van der Waals surface area contributed by atoms with Crippen molar-refractivity contribution in [3.05, 3.63) is 48.6 Å². The van der Waals surface area contributed by atoms with Gasteiger partial charge in [-0.2, -0.15) is 0 Å². The molecule has 14 heteroatoms. The van der Waals surface area contributed by atoms with Crippen molar-refractivity contribution >= 4 is 5.91 Å². The Morgan fingerprint density at radius 2 is 0.653 bits per heavy atom. The predicted octanol–water partition coefficient (Wildman–Crippen LogP) is 20.5. The lowest BCUT2D eigenvalue weighted by atomic mass is 9.97. The van der Waals surface area contributed by atoms with Crippen molar-refractivity contribution in [1.82, 2.24) is 5.32 Å². The molecule has 0 radical (unpaired) electrons. The van der Waals surface area contributed by atoms with Crippen molar-refractivity contribution in [2.75, 3.05) is 19.8 Å². The zero-order chi connectivity index (χ0) is 73.0. The molecule has 0 aromatic heterocycles. The first-order valence-electron chi connectivity index (χ1n) is 43.4. The van der Waals surface area contributed by atoms with E-state index in [9.17, 15) is 45.6 Å². The summed E-state index contributed by atoms with van der Waals surface area (Å²) in [6.45, 7) is 2.86. The normalized spacial score (nSPS) is 21.9. The molecule has 0 aromatic rings. The molecule has 2 fully saturated rings. The van der Waals surface area contributed by atoms with Gasteiger partial charge in [-0.05, 0) is 57.8 Å². The van der Waals surface area contributed by atoms with Crippen LogP contribution in [0.15, 0.2) is 48.6 Å². The largest absolute Gasteiger partial charge is 0.394 e. The zero-order valence-corrected chi connectivity index (χ0v) is 65.4. The van der Waals surface area contributed by atoms with Gasteiger partial charge < -0.3 is 65.1 Å². The number of hydrogen-bond donors (Lipinski definition) is 9. The molecule has 1 amide bonds. The van der Waals surface area contributed by atoms with Crippen LogP contribution in [0, 0.1) is 0 Å². The second-order valence-corrected chi connectivity index (χ2v) is 30.7. The highest BCUT2D eigenvalue weighted by molar-refractivity contribution is 5.76. The van der Waals surface area contributed by atoms with E-state index in [0.29, 0.717) is 6.42 Å². The minimum absolute atomic E-state index is 0.231. The van der Waals surface area contributed by atoms with E-state index in [2.05, 4.69) is 55.6 Å². The third kappa shape index (κ3) is 53.4. The van der Waals surface area contributed by atoms with Crippen molar-refractivity contribution in [3.63, 3.8) is 0 Å². The summed E-state index contributed by atoms with van der Waals surface area (Å²) in [5, 5.41) is 87.8. The Balaban J connectivity index is 1.58. The predicted molar refractivity (Wildman–Crippen MR) is 420 cm³/mol. The number of carbonyl (C=O) groups is 1. The molecule has 594 valence electrons. The van der Waals surface area contributed by atoms with Crippen LogP contribution in [0.2, 0.25) is 0 Å². The number of hydrogen-bond acceptors (Lipinski definition) is 13. The van der Waals surface area contributed by atoms with Crippen LogP contribution in [0.4, 0.5) is 0 Å². The van der Waals surface area contributed by atoms with E-state index in [0.717, 1.165) is 51.4 Å². The SMILES string of the molecule is CCCCCCC/C=C\C/C=C\C/C=C\CCCCCCCCCCCCCCCCCCCCCCC(=O)NC(COC1OC(CO)C(OC2OC(CO)C(O)C(O)C2O)C(O)C1O)C(O)/C=C/CCCCCCCCCCCCCCCCCCCCCCCCCCCCCCCC. The Morgan fingerprint density at radius 3 is 1.00 bits per heavy atom. The van der Waals surface area contributed by atoms with Gasteiger partial charge in [0.1, 0.15) is 48.8 Å². The van der Waals surface area contributed by atoms with Crippen LogP contribution in [0.5, 0.6) is 0 Å². The highest BCUT2D eigenvalue weighted by Gasteiger charge is 2.51. The summed E-state index contributed by atoms with van der Waals surface area (Å²) in [6.07, 6.45) is 79.3. The molecule has 0 bridgehead atoms. The summed E-state index contributed by atoms with van der Waals surface area (Å²) >= 11 is 0. The first-order chi connectivity index (χ1) is 49.6. The number of carbonyl (C=O) groups excluding carboxylic acids is 1. The maximum atomic E-state index is 13.4. The fourth-order valence-electron chi connectivity index (χ4n) is 14.4. The van der Waals surface area contributed by atoms with Gasteiger partial charge in [0, 0.05) is 6.42 Å². The van der Waals surface area contributed by atoms with Gasteiger partial charge in [0.05, 0.1) is 32.0 Å². The lowest BCUT2D eigenvalue weighted by Crippen LogP contribution is -2.65. The van der Waals surface area contributed by atoms with E-state index in [1.54, 1.807) is 6.08 Å². The van der Waals surface area contributed by atoms with E-state index in [1.807, 2.05) is 6.08 Å². The minimum atomic E-state index is -1.79. The summed E-state index contributed by atoms with van der Waals surface area (Å²) in [7, 11) is 0. The standard InChI is InChI=1S/C87H163NO13/c1-3-5-7-9-11-13-15-17-19-21-23-25-27-29-31-33-35-37-38-39-41-43-45-47-49-51-53-55-57-59-61-63-65-67-69-71-79(92)88-75(74-98-86-84(97)82(95)85(78(73-90)100-86)101-87-83(96)81(94)80(93)77(72-89)99-87)76(91)70-68-66-64-62-60-58-56-54-52-50-48-46-44-42-40-36-34-32-30-28-26-24-22-20-18-16-14-12-10-8-6-4-2/h15,17,21,23,27,29,68,70,75-78,80-87,89-91,93-97H,3-14,16,18-20,22,24-26,28,30-67,69,71-74H2,1-2H3,(H,88,92)/b17-15-,23-21-,29-27-,70-68+. The van der Waals surface area contributed by atoms with Crippen molar-refractivity contribution in [1.29, 1.82) is 0 Å². The number of unbranched alkanes of at least 4 members (excludes halogenated alkanes) is 55. The Hall–Kier alpha value is -2.05. The van der Waals surface area contributed by atoms with Gasteiger partial charge in [0.2, 0.25) is 5.91 Å². The van der Waals surface area contributed by atoms with E-state index in [-0.39, 0.29) is 18.9 Å². The van der Waals surface area contributed by atoms with Gasteiger partial charge in [-0.15, -0.1) is 0 Å². The van der Waals surface area contributed by atoms with E-state index in [4.69, 9.17) is 18.9 Å². The molecule has 14 nitrogen and oxygen atoms in total. The van der Waals surface area contributed by atoms with Crippen molar-refractivity contribution in [2.45, 2.75) is 479 Å². The molecule has 0 aliphatic carbocycles. The van der Waals surface area contributed by atoms with E-state index < -0.39 is 86.8 Å². The summed E-state index contributed by atoms with van der Waals surface area (Å²) in [4.78, 5) is 13.4. The van der Waals surface area contributed by atoms with Crippen LogP contribution >= 0.6 is 0 Å². The second-order valence-electron chi connectivity index (χ2n) is 30.7. The number of aliphatic hydroxyl groups is 8. The quantitative estimate of drug-likeness (QED) is 0.0204. The highest BCUT2D eigenvalue weighted by Crippen LogP contribution is 2.31. The second kappa shape index (κ2) is 70.9. The van der Waals surface area contributed by atoms with Crippen LogP contribution in [-0.4, -0.2) is 140 Å².